The molecule has 0 aromatic carbocycles. The second-order valence-electron chi connectivity index (χ2n) is 4.51. The van der Waals surface area contributed by atoms with E-state index in [1.165, 1.54) is 4.90 Å². The van der Waals surface area contributed by atoms with Crippen molar-refractivity contribution in [1.82, 2.24) is 10.2 Å². The van der Waals surface area contributed by atoms with Gasteiger partial charge in [0.1, 0.15) is 6.04 Å². The van der Waals surface area contributed by atoms with E-state index in [1.54, 1.807) is 11.3 Å². The number of carboxylic acids is 1. The third kappa shape index (κ3) is 3.45. The third-order valence-electron chi connectivity index (χ3n) is 3.09. The lowest BCUT2D eigenvalue weighted by Gasteiger charge is -2.21. The quantitative estimate of drug-likeness (QED) is 0.752. The molecule has 19 heavy (non-hydrogen) atoms. The Labute approximate surface area is 114 Å². The molecular weight excluding hydrogens is 268 g/mol. The van der Waals surface area contributed by atoms with Gasteiger partial charge in [0.25, 0.3) is 0 Å². The normalized spacial score (nSPS) is 22.5. The minimum Gasteiger partial charge on any atom is -0.480 e. The molecule has 1 aromatic heterocycles. The zero-order valence-corrected chi connectivity index (χ0v) is 11.1. The lowest BCUT2D eigenvalue weighted by molar-refractivity contribution is -0.141. The average Bonchev–Trinajstić information content (AvgIpc) is 2.98. The largest absolute Gasteiger partial charge is 0.480 e. The zero-order chi connectivity index (χ0) is 13.8. The van der Waals surface area contributed by atoms with Gasteiger partial charge in [-0.1, -0.05) is 0 Å². The Morgan fingerprint density at radius 2 is 2.32 bits per heavy atom. The highest BCUT2D eigenvalue weighted by molar-refractivity contribution is 7.07. The smallest absolute Gasteiger partial charge is 0.326 e. The van der Waals surface area contributed by atoms with Crippen LogP contribution in [0, 0.1) is 0 Å². The average molecular weight is 284 g/mol. The van der Waals surface area contributed by atoms with Crippen LogP contribution in [-0.2, 0) is 11.2 Å². The lowest BCUT2D eigenvalue weighted by atomic mass is 10.2. The van der Waals surface area contributed by atoms with Gasteiger partial charge in [0.15, 0.2) is 0 Å². The number of β-amino-alcohol motifs (C(OH)–C–C–N with tert-alkyl or cyclic N) is 1. The van der Waals surface area contributed by atoms with E-state index < -0.39 is 24.1 Å². The van der Waals surface area contributed by atoms with Crippen molar-refractivity contribution in [3.05, 3.63) is 22.4 Å². The summed E-state index contributed by atoms with van der Waals surface area (Å²) in [5.41, 5.74) is 1.14. The number of likely N-dealkylation sites (tertiary alicyclic amines) is 1. The first-order valence-corrected chi connectivity index (χ1v) is 6.98. The SMILES string of the molecule is O=C(O)C1CC(O)CN1C(=O)NCCc1ccsc1. The summed E-state index contributed by atoms with van der Waals surface area (Å²) in [6, 6.07) is 0.617. The van der Waals surface area contributed by atoms with E-state index in [0.29, 0.717) is 13.0 Å². The number of urea groups is 1. The highest BCUT2D eigenvalue weighted by Gasteiger charge is 2.38. The van der Waals surface area contributed by atoms with Crippen molar-refractivity contribution in [2.24, 2.45) is 0 Å². The summed E-state index contributed by atoms with van der Waals surface area (Å²) in [6.07, 6.45) is 0.0418. The van der Waals surface area contributed by atoms with Crippen molar-refractivity contribution in [1.29, 1.82) is 0 Å². The molecule has 2 rings (SSSR count). The maximum Gasteiger partial charge on any atom is 0.326 e. The predicted molar refractivity (Wildman–Crippen MR) is 70.2 cm³/mol. The van der Waals surface area contributed by atoms with E-state index in [1.807, 2.05) is 16.8 Å². The molecule has 6 nitrogen and oxygen atoms in total. The molecule has 2 heterocycles. The molecule has 7 heteroatoms. The Bertz CT molecular complexity index is 449. The van der Waals surface area contributed by atoms with Crippen LogP contribution in [0.15, 0.2) is 16.8 Å². The number of thiophene rings is 1. The van der Waals surface area contributed by atoms with E-state index >= 15 is 0 Å². The van der Waals surface area contributed by atoms with Gasteiger partial charge in [-0.15, -0.1) is 0 Å². The molecule has 1 aromatic rings. The van der Waals surface area contributed by atoms with E-state index in [-0.39, 0.29) is 13.0 Å². The molecule has 3 N–H and O–H groups in total. The van der Waals surface area contributed by atoms with Gasteiger partial charge in [-0.25, -0.2) is 9.59 Å². The number of hydrogen-bond donors (Lipinski definition) is 3. The fraction of sp³-hybridized carbons (Fsp3) is 0.500. The fourth-order valence-corrected chi connectivity index (χ4v) is 2.83. The minimum absolute atomic E-state index is 0.0707. The number of rotatable bonds is 4. The maximum absolute atomic E-state index is 11.9. The van der Waals surface area contributed by atoms with Crippen molar-refractivity contribution < 1.29 is 19.8 Å². The summed E-state index contributed by atoms with van der Waals surface area (Å²) in [4.78, 5) is 24.0. The summed E-state index contributed by atoms with van der Waals surface area (Å²) < 4.78 is 0. The number of aliphatic hydroxyl groups is 1. The topological polar surface area (TPSA) is 89.9 Å². The fourth-order valence-electron chi connectivity index (χ4n) is 2.12. The van der Waals surface area contributed by atoms with Crippen molar-refractivity contribution >= 4 is 23.3 Å². The van der Waals surface area contributed by atoms with Crippen LogP contribution in [0.2, 0.25) is 0 Å². The molecule has 104 valence electrons. The number of carboxylic acid groups (broad SMARTS) is 1. The monoisotopic (exact) mass is 284 g/mol. The molecule has 1 saturated heterocycles. The number of carbonyl (C=O) groups is 2. The maximum atomic E-state index is 11.9. The molecule has 1 fully saturated rings. The Kier molecular flexibility index (Phi) is 4.39. The lowest BCUT2D eigenvalue weighted by Crippen LogP contribution is -2.46. The molecule has 1 aliphatic heterocycles. The number of nitrogens with zero attached hydrogens (tertiary/aromatic N) is 1. The molecule has 0 aliphatic carbocycles. The van der Waals surface area contributed by atoms with Gasteiger partial charge in [-0.3, -0.25) is 0 Å². The van der Waals surface area contributed by atoms with Crippen LogP contribution >= 0.6 is 11.3 Å². The number of amides is 2. The molecule has 1 aliphatic rings. The van der Waals surface area contributed by atoms with E-state index in [9.17, 15) is 14.7 Å². The second kappa shape index (κ2) is 6.03. The van der Waals surface area contributed by atoms with Gasteiger partial charge in [0, 0.05) is 19.5 Å². The standard InChI is InChI=1S/C12H16N2O4S/c15-9-5-10(11(16)17)14(6-9)12(18)13-3-1-8-2-4-19-7-8/h2,4,7,9-10,15H,1,3,5-6H2,(H,13,18)(H,16,17). The van der Waals surface area contributed by atoms with Gasteiger partial charge in [0.2, 0.25) is 0 Å². The molecule has 2 unspecified atom stereocenters. The number of carbonyl (C=O) groups excluding carboxylic acids is 1. The van der Waals surface area contributed by atoms with E-state index in [4.69, 9.17) is 5.11 Å². The summed E-state index contributed by atoms with van der Waals surface area (Å²) in [6.45, 7) is 0.524. The van der Waals surface area contributed by atoms with Crippen LogP contribution < -0.4 is 5.32 Å². The van der Waals surface area contributed by atoms with Crippen molar-refractivity contribution in [3.63, 3.8) is 0 Å². The summed E-state index contributed by atoms with van der Waals surface area (Å²) in [7, 11) is 0. The molecule has 0 bridgehead atoms. The third-order valence-corrected chi connectivity index (χ3v) is 3.83. The first kappa shape index (κ1) is 13.8. The Morgan fingerprint density at radius 3 is 2.95 bits per heavy atom. The summed E-state index contributed by atoms with van der Waals surface area (Å²) >= 11 is 1.59. The number of aliphatic carboxylic acids is 1. The van der Waals surface area contributed by atoms with Crippen LogP contribution in [0.25, 0.3) is 0 Å². The van der Waals surface area contributed by atoms with Crippen LogP contribution in [0.1, 0.15) is 12.0 Å². The first-order chi connectivity index (χ1) is 9.08. The molecule has 0 radical (unpaired) electrons. The van der Waals surface area contributed by atoms with Crippen LogP contribution in [0.3, 0.4) is 0 Å². The molecular formula is C12H16N2O4S. The predicted octanol–water partition coefficient (Wildman–Crippen LogP) is 0.520. The molecule has 2 atom stereocenters. The molecule has 0 spiro atoms. The molecule has 0 saturated carbocycles. The minimum atomic E-state index is -1.08. The Hall–Kier alpha value is -1.60. The highest BCUT2D eigenvalue weighted by Crippen LogP contribution is 2.18. The van der Waals surface area contributed by atoms with Gasteiger partial charge in [-0.2, -0.15) is 11.3 Å². The Balaban J connectivity index is 1.83. The van der Waals surface area contributed by atoms with Gasteiger partial charge in [-0.05, 0) is 28.8 Å². The van der Waals surface area contributed by atoms with E-state index in [0.717, 1.165) is 5.56 Å². The van der Waals surface area contributed by atoms with Gasteiger partial charge < -0.3 is 20.4 Å². The van der Waals surface area contributed by atoms with Crippen molar-refractivity contribution in [2.75, 3.05) is 13.1 Å². The number of aliphatic hydroxyl groups excluding tert-OH is 1. The van der Waals surface area contributed by atoms with Crippen molar-refractivity contribution in [2.45, 2.75) is 25.0 Å². The van der Waals surface area contributed by atoms with Crippen LogP contribution in [-0.4, -0.2) is 52.3 Å². The molecule has 2 amide bonds. The number of hydrogen-bond acceptors (Lipinski definition) is 4. The second-order valence-corrected chi connectivity index (χ2v) is 5.29. The summed E-state index contributed by atoms with van der Waals surface area (Å²) in [5.74, 6) is -1.08. The van der Waals surface area contributed by atoms with Crippen LogP contribution in [0.4, 0.5) is 4.79 Å². The van der Waals surface area contributed by atoms with Crippen molar-refractivity contribution in [3.8, 4) is 0 Å². The van der Waals surface area contributed by atoms with E-state index in [2.05, 4.69) is 5.32 Å². The van der Waals surface area contributed by atoms with Gasteiger partial charge >= 0.3 is 12.0 Å². The number of nitrogens with one attached hydrogen (secondary N) is 1. The Morgan fingerprint density at radius 1 is 1.53 bits per heavy atom. The van der Waals surface area contributed by atoms with Crippen LogP contribution in [0.5, 0.6) is 0 Å². The summed E-state index contributed by atoms with van der Waals surface area (Å²) in [5, 5.41) is 25.1. The van der Waals surface area contributed by atoms with Gasteiger partial charge in [0.05, 0.1) is 6.10 Å². The highest BCUT2D eigenvalue weighted by atomic mass is 32.1. The first-order valence-electron chi connectivity index (χ1n) is 6.04. The zero-order valence-electron chi connectivity index (χ0n) is 10.3.